The summed E-state index contributed by atoms with van der Waals surface area (Å²) in [5.74, 6) is -0.869. The van der Waals surface area contributed by atoms with E-state index in [1.165, 1.54) is 23.9 Å². The molecule has 158 valence electrons. The van der Waals surface area contributed by atoms with Gasteiger partial charge in [0, 0.05) is 16.6 Å². The van der Waals surface area contributed by atoms with Crippen LogP contribution in [-0.4, -0.2) is 15.6 Å². The molecule has 1 amide bonds. The molecule has 0 radical (unpaired) electrons. The van der Waals surface area contributed by atoms with E-state index in [1.807, 2.05) is 36.6 Å². The van der Waals surface area contributed by atoms with Crippen molar-refractivity contribution in [3.05, 3.63) is 71.2 Å². The van der Waals surface area contributed by atoms with E-state index < -0.39 is 17.7 Å². The van der Waals surface area contributed by atoms with Crippen LogP contribution in [0.4, 0.5) is 19.3 Å². The van der Waals surface area contributed by atoms with Gasteiger partial charge < -0.3 is 20.8 Å². The van der Waals surface area contributed by atoms with E-state index in [2.05, 4.69) is 4.98 Å². The van der Waals surface area contributed by atoms with Crippen LogP contribution in [0.2, 0.25) is 0 Å². The summed E-state index contributed by atoms with van der Waals surface area (Å²) in [6.07, 6.45) is -0.920. The van der Waals surface area contributed by atoms with Crippen LogP contribution in [0, 0.1) is 11.6 Å². The lowest BCUT2D eigenvalue weighted by atomic mass is 10.1. The number of imidazole rings is 1. The maximum Gasteiger partial charge on any atom is 0.404 e. The molecule has 0 aliphatic heterocycles. The summed E-state index contributed by atoms with van der Waals surface area (Å²) in [6, 6.07) is 10.7. The van der Waals surface area contributed by atoms with Crippen LogP contribution >= 0.6 is 11.8 Å². The predicted molar refractivity (Wildman–Crippen MR) is 111 cm³/mol. The fourth-order valence-electron chi connectivity index (χ4n) is 2.94. The molecule has 0 aliphatic carbocycles. The van der Waals surface area contributed by atoms with Crippen molar-refractivity contribution in [3.8, 4) is 0 Å². The van der Waals surface area contributed by atoms with Gasteiger partial charge in [0.25, 0.3) is 0 Å². The number of ether oxygens (including phenoxy) is 1. The summed E-state index contributed by atoms with van der Waals surface area (Å²) in [5.41, 5.74) is 13.4. The molecule has 1 aromatic heterocycles. The molecule has 30 heavy (non-hydrogen) atoms. The van der Waals surface area contributed by atoms with E-state index in [0.29, 0.717) is 33.7 Å². The Bertz CT molecular complexity index is 1050. The van der Waals surface area contributed by atoms with Crippen molar-refractivity contribution in [3.63, 3.8) is 0 Å². The normalized spacial score (nSPS) is 11.1. The Balaban J connectivity index is 2.11. The Morgan fingerprint density at radius 3 is 2.47 bits per heavy atom. The molecule has 0 spiro atoms. The first-order valence-electron chi connectivity index (χ1n) is 9.23. The van der Waals surface area contributed by atoms with E-state index in [1.54, 1.807) is 6.07 Å². The lowest BCUT2D eigenvalue weighted by Gasteiger charge is -2.15. The Kier molecular flexibility index (Phi) is 6.61. The molecular weight excluding hydrogens is 410 g/mol. The highest BCUT2D eigenvalue weighted by molar-refractivity contribution is 7.99. The Labute approximate surface area is 177 Å². The van der Waals surface area contributed by atoms with Crippen LogP contribution in [-0.2, 0) is 17.9 Å². The average molecular weight is 432 g/mol. The number of hydrogen-bond donors (Lipinski definition) is 2. The summed E-state index contributed by atoms with van der Waals surface area (Å²) in [6.45, 7) is 4.11. The third-order valence-corrected chi connectivity index (χ3v) is 5.44. The number of para-hydroxylation sites is 1. The van der Waals surface area contributed by atoms with Crippen molar-refractivity contribution in [1.29, 1.82) is 0 Å². The smallest absolute Gasteiger partial charge is 0.404 e. The molecule has 0 saturated carbocycles. The van der Waals surface area contributed by atoms with Crippen molar-refractivity contribution in [2.75, 3.05) is 5.73 Å². The van der Waals surface area contributed by atoms with Crippen LogP contribution in [0.25, 0.3) is 0 Å². The number of halogens is 2. The van der Waals surface area contributed by atoms with Gasteiger partial charge in [-0.25, -0.2) is 18.6 Å². The Morgan fingerprint density at radius 1 is 1.20 bits per heavy atom. The number of anilines is 1. The van der Waals surface area contributed by atoms with Gasteiger partial charge in [0.2, 0.25) is 0 Å². The highest BCUT2D eigenvalue weighted by Gasteiger charge is 2.22. The number of nitrogens with zero attached hydrogens (tertiary/aromatic N) is 2. The number of nitrogens with two attached hydrogens (primary N) is 2. The second kappa shape index (κ2) is 9.17. The molecule has 0 aliphatic rings. The highest BCUT2D eigenvalue weighted by atomic mass is 32.2. The first-order valence-corrected chi connectivity index (χ1v) is 10.0. The van der Waals surface area contributed by atoms with Gasteiger partial charge in [-0.05, 0) is 29.7 Å². The van der Waals surface area contributed by atoms with Gasteiger partial charge in [0.1, 0.15) is 22.5 Å². The van der Waals surface area contributed by atoms with Crippen molar-refractivity contribution < 1.29 is 18.3 Å². The maximum atomic E-state index is 13.7. The first kappa shape index (κ1) is 21.6. The fourth-order valence-corrected chi connectivity index (χ4v) is 4.18. The van der Waals surface area contributed by atoms with Gasteiger partial charge in [-0.15, -0.1) is 0 Å². The summed E-state index contributed by atoms with van der Waals surface area (Å²) < 4.78 is 34.3. The van der Waals surface area contributed by atoms with E-state index >= 15 is 0 Å². The molecule has 0 unspecified atom stereocenters. The zero-order chi connectivity index (χ0) is 21.8. The zero-order valence-corrected chi connectivity index (χ0v) is 17.4. The second-order valence-corrected chi connectivity index (χ2v) is 8.04. The molecule has 0 bridgehead atoms. The van der Waals surface area contributed by atoms with E-state index in [-0.39, 0.29) is 12.5 Å². The fraction of sp³-hybridized carbons (Fsp3) is 0.238. The zero-order valence-electron chi connectivity index (χ0n) is 16.6. The highest BCUT2D eigenvalue weighted by Crippen LogP contribution is 2.36. The molecule has 4 N–H and O–H groups in total. The lowest BCUT2D eigenvalue weighted by molar-refractivity contribution is 0.145. The molecule has 0 fully saturated rings. The summed E-state index contributed by atoms with van der Waals surface area (Å²) >= 11 is 1.19. The molecule has 0 saturated heterocycles. The number of carbonyl (C=O) groups is 1. The van der Waals surface area contributed by atoms with E-state index in [0.717, 1.165) is 11.6 Å². The first-order chi connectivity index (χ1) is 14.2. The third kappa shape index (κ3) is 5.10. The quantitative estimate of drug-likeness (QED) is 0.529. The van der Waals surface area contributed by atoms with Crippen molar-refractivity contribution >= 4 is 23.5 Å². The number of primary amides is 1. The summed E-state index contributed by atoms with van der Waals surface area (Å²) in [4.78, 5) is 16.2. The number of benzene rings is 2. The molecule has 3 aromatic rings. The Morgan fingerprint density at radius 2 is 1.87 bits per heavy atom. The van der Waals surface area contributed by atoms with Gasteiger partial charge >= 0.3 is 6.09 Å². The van der Waals surface area contributed by atoms with E-state index in [4.69, 9.17) is 16.2 Å². The lowest BCUT2D eigenvalue weighted by Crippen LogP contribution is -2.16. The number of amides is 1. The molecule has 2 aromatic carbocycles. The number of aromatic nitrogens is 2. The average Bonchev–Trinajstić information content (AvgIpc) is 2.98. The molecule has 1 heterocycles. The maximum absolute atomic E-state index is 13.7. The van der Waals surface area contributed by atoms with Crippen LogP contribution in [0.3, 0.4) is 0 Å². The van der Waals surface area contributed by atoms with Crippen molar-refractivity contribution in [2.45, 2.75) is 42.8 Å². The molecule has 6 nitrogen and oxygen atoms in total. The minimum absolute atomic E-state index is 0.00704. The SMILES string of the molecule is CC(C)c1nc(COC(N)=O)n(Cc2ccccc2N)c1Sc1cc(F)cc(F)c1. The minimum atomic E-state index is -0.920. The number of carbonyl (C=O) groups excluding carboxylic acids is 1. The topological polar surface area (TPSA) is 96.2 Å². The number of nitrogen functional groups attached to an aromatic ring is 1. The summed E-state index contributed by atoms with van der Waals surface area (Å²) in [7, 11) is 0. The van der Waals surface area contributed by atoms with Crippen LogP contribution in [0.15, 0.2) is 52.4 Å². The monoisotopic (exact) mass is 432 g/mol. The van der Waals surface area contributed by atoms with Gasteiger partial charge in [-0.3, -0.25) is 0 Å². The largest absolute Gasteiger partial charge is 0.442 e. The van der Waals surface area contributed by atoms with Crippen molar-refractivity contribution in [1.82, 2.24) is 9.55 Å². The van der Waals surface area contributed by atoms with E-state index in [9.17, 15) is 13.6 Å². The van der Waals surface area contributed by atoms with Crippen LogP contribution < -0.4 is 11.5 Å². The van der Waals surface area contributed by atoms with Crippen molar-refractivity contribution in [2.24, 2.45) is 5.73 Å². The molecule has 9 heteroatoms. The predicted octanol–water partition coefficient (Wildman–Crippen LogP) is 4.66. The molecule has 0 atom stereocenters. The second-order valence-electron chi connectivity index (χ2n) is 6.97. The van der Waals surface area contributed by atoms with Gasteiger partial charge in [-0.1, -0.05) is 43.8 Å². The van der Waals surface area contributed by atoms with Gasteiger partial charge in [-0.2, -0.15) is 0 Å². The van der Waals surface area contributed by atoms with Gasteiger partial charge in [0.05, 0.1) is 12.2 Å². The summed E-state index contributed by atoms with van der Waals surface area (Å²) in [5, 5.41) is 0.682. The standard InChI is InChI=1S/C21H22F2N4O2S/c1-12(2)19-20(30-16-8-14(22)7-15(23)9-16)27(18(26-19)11-29-21(25)28)10-13-5-3-4-6-17(13)24/h3-9,12H,10-11,24H2,1-2H3,(H2,25,28). The number of rotatable bonds is 7. The number of hydrogen-bond acceptors (Lipinski definition) is 5. The minimum Gasteiger partial charge on any atom is -0.442 e. The molecular formula is C21H22F2N4O2S. The third-order valence-electron chi connectivity index (χ3n) is 4.35. The Hall–Kier alpha value is -3.07. The molecule has 3 rings (SSSR count). The van der Waals surface area contributed by atoms with Crippen LogP contribution in [0.5, 0.6) is 0 Å². The van der Waals surface area contributed by atoms with Crippen LogP contribution in [0.1, 0.15) is 36.8 Å². The van der Waals surface area contributed by atoms with Gasteiger partial charge in [0.15, 0.2) is 6.61 Å².